The van der Waals surface area contributed by atoms with Gasteiger partial charge in [0.15, 0.2) is 6.61 Å². The number of urea groups is 1. The van der Waals surface area contributed by atoms with E-state index in [2.05, 4.69) is 31.3 Å². The summed E-state index contributed by atoms with van der Waals surface area (Å²) in [4.78, 5) is 49.4. The first-order valence-electron chi connectivity index (χ1n) is 9.59. The maximum Gasteiger partial charge on any atom is 0.343 e. The minimum atomic E-state index is -0.710. The summed E-state index contributed by atoms with van der Waals surface area (Å²) >= 11 is 3.33. The van der Waals surface area contributed by atoms with Crippen molar-refractivity contribution in [2.75, 3.05) is 32.7 Å². The lowest BCUT2D eigenvalue weighted by Crippen LogP contribution is -2.38. The Kier molecular flexibility index (Phi) is 7.67. The highest BCUT2D eigenvalue weighted by molar-refractivity contribution is 9.10. The van der Waals surface area contributed by atoms with E-state index in [1.54, 1.807) is 42.5 Å². The van der Waals surface area contributed by atoms with Crippen molar-refractivity contribution in [1.82, 2.24) is 10.2 Å². The fraction of sp³-hybridized carbons (Fsp3) is 0.182. The largest absolute Gasteiger partial charge is 0.495 e. The summed E-state index contributed by atoms with van der Waals surface area (Å²) < 4.78 is 15.6. The zero-order valence-electron chi connectivity index (χ0n) is 17.7. The number of nitrogens with zero attached hydrogens (tertiary/aromatic N) is 1. The predicted octanol–water partition coefficient (Wildman–Crippen LogP) is 2.54. The molecule has 11 heteroatoms. The molecule has 0 aliphatic carbocycles. The number of hydrogen-bond donors (Lipinski definition) is 2. The van der Waals surface area contributed by atoms with E-state index in [9.17, 15) is 19.2 Å². The number of anilines is 1. The van der Waals surface area contributed by atoms with Crippen molar-refractivity contribution in [2.45, 2.75) is 0 Å². The van der Waals surface area contributed by atoms with Gasteiger partial charge in [0, 0.05) is 0 Å². The molecule has 0 saturated carbocycles. The van der Waals surface area contributed by atoms with Crippen LogP contribution in [-0.4, -0.2) is 56.1 Å². The van der Waals surface area contributed by atoms with Crippen LogP contribution >= 0.6 is 15.9 Å². The summed E-state index contributed by atoms with van der Waals surface area (Å²) in [6.45, 7) is -0.722. The molecule has 0 unspecified atom stereocenters. The van der Waals surface area contributed by atoms with Crippen LogP contribution in [-0.2, 0) is 19.1 Å². The second-order valence-corrected chi connectivity index (χ2v) is 7.54. The highest BCUT2D eigenvalue weighted by Crippen LogP contribution is 2.27. The van der Waals surface area contributed by atoms with Crippen molar-refractivity contribution in [3.05, 3.63) is 58.2 Å². The smallest absolute Gasteiger partial charge is 0.343 e. The number of esters is 1. The van der Waals surface area contributed by atoms with E-state index in [1.807, 2.05) is 0 Å². The molecule has 1 aliphatic rings. The normalized spacial score (nSPS) is 14.2. The molecule has 2 aromatic carbocycles. The number of hydrogen-bond acceptors (Lipinski definition) is 7. The van der Waals surface area contributed by atoms with E-state index in [0.29, 0.717) is 27.2 Å². The van der Waals surface area contributed by atoms with Crippen molar-refractivity contribution in [2.24, 2.45) is 0 Å². The van der Waals surface area contributed by atoms with Crippen molar-refractivity contribution in [1.29, 1.82) is 0 Å². The number of para-hydroxylation sites is 2. The maximum atomic E-state index is 12.7. The summed E-state index contributed by atoms with van der Waals surface area (Å²) in [7, 11) is 2.73. The van der Waals surface area contributed by atoms with Gasteiger partial charge in [0.2, 0.25) is 5.91 Å². The minimum Gasteiger partial charge on any atom is -0.495 e. The third kappa shape index (κ3) is 5.89. The van der Waals surface area contributed by atoms with Gasteiger partial charge >= 0.3 is 12.0 Å². The Morgan fingerprint density at radius 2 is 1.88 bits per heavy atom. The third-order valence-electron chi connectivity index (χ3n) is 4.49. The molecule has 0 radical (unpaired) electrons. The van der Waals surface area contributed by atoms with E-state index in [-0.39, 0.29) is 12.3 Å². The summed E-state index contributed by atoms with van der Waals surface area (Å²) in [6, 6.07) is 11.0. The number of halogens is 1. The number of benzene rings is 2. The van der Waals surface area contributed by atoms with Crippen LogP contribution < -0.4 is 20.1 Å². The fourth-order valence-corrected chi connectivity index (χ4v) is 3.39. The number of ether oxygens (including phenoxy) is 3. The number of rotatable bonds is 8. The van der Waals surface area contributed by atoms with Gasteiger partial charge in [-0.15, -0.1) is 0 Å². The van der Waals surface area contributed by atoms with Crippen LogP contribution in [0.4, 0.5) is 10.5 Å². The van der Waals surface area contributed by atoms with E-state index < -0.39 is 30.4 Å². The summed E-state index contributed by atoms with van der Waals surface area (Å²) in [6.07, 6.45) is 1.47. The number of imide groups is 1. The standard InChI is InChI=1S/C22H20BrN3O7/c1-31-18-6-4-3-5-15(18)24-19(27)11-26-21(29)16(25-22(26)30)10-13-7-8-17(14(23)9-13)33-12-20(28)32-2/h3-10H,11-12H2,1-2H3,(H,24,27)(H,25,30)/b16-10+. The number of nitrogens with one attached hydrogen (secondary N) is 2. The topological polar surface area (TPSA) is 123 Å². The quantitative estimate of drug-likeness (QED) is 0.313. The lowest BCUT2D eigenvalue weighted by atomic mass is 10.2. The van der Waals surface area contributed by atoms with Gasteiger partial charge in [-0.1, -0.05) is 18.2 Å². The number of carbonyl (C=O) groups excluding carboxylic acids is 4. The molecular weight excluding hydrogens is 498 g/mol. The molecule has 1 aliphatic heterocycles. The van der Waals surface area contributed by atoms with Gasteiger partial charge in [0.25, 0.3) is 5.91 Å². The minimum absolute atomic E-state index is 0.0141. The lowest BCUT2D eigenvalue weighted by molar-refractivity contribution is -0.143. The number of carbonyl (C=O) groups is 4. The zero-order chi connectivity index (χ0) is 24.0. The summed E-state index contributed by atoms with van der Waals surface area (Å²) in [5.41, 5.74) is 1.02. The average molecular weight is 518 g/mol. The molecule has 0 bridgehead atoms. The van der Waals surface area contributed by atoms with Gasteiger partial charge in [-0.25, -0.2) is 14.5 Å². The van der Waals surface area contributed by atoms with Crippen LogP contribution in [0, 0.1) is 0 Å². The first-order chi connectivity index (χ1) is 15.8. The predicted molar refractivity (Wildman–Crippen MR) is 121 cm³/mol. The van der Waals surface area contributed by atoms with Crippen LogP contribution in [0.15, 0.2) is 52.6 Å². The Morgan fingerprint density at radius 3 is 2.58 bits per heavy atom. The van der Waals surface area contributed by atoms with Crippen LogP contribution in [0.25, 0.3) is 6.08 Å². The van der Waals surface area contributed by atoms with E-state index in [1.165, 1.54) is 20.3 Å². The molecule has 172 valence electrons. The first kappa shape index (κ1) is 23.8. The van der Waals surface area contributed by atoms with Crippen molar-refractivity contribution in [3.8, 4) is 11.5 Å². The molecular formula is C22H20BrN3O7. The summed E-state index contributed by atoms with van der Waals surface area (Å²) in [5, 5.41) is 5.08. The molecule has 33 heavy (non-hydrogen) atoms. The molecule has 1 heterocycles. The molecule has 0 aromatic heterocycles. The molecule has 3 rings (SSSR count). The number of methoxy groups -OCH3 is 2. The molecule has 1 saturated heterocycles. The summed E-state index contributed by atoms with van der Waals surface area (Å²) in [5.74, 6) is -0.870. The van der Waals surface area contributed by atoms with Crippen LogP contribution in [0.5, 0.6) is 11.5 Å². The second-order valence-electron chi connectivity index (χ2n) is 6.68. The van der Waals surface area contributed by atoms with Gasteiger partial charge in [-0.3, -0.25) is 9.59 Å². The Hall–Kier alpha value is -3.86. The Balaban J connectivity index is 1.67. The van der Waals surface area contributed by atoms with Crippen molar-refractivity contribution < 1.29 is 33.4 Å². The molecule has 0 spiro atoms. The molecule has 1 fully saturated rings. The lowest BCUT2D eigenvalue weighted by Gasteiger charge is -2.13. The number of amides is 4. The molecule has 0 atom stereocenters. The Morgan fingerprint density at radius 1 is 1.12 bits per heavy atom. The maximum absolute atomic E-state index is 12.7. The molecule has 4 amide bonds. The van der Waals surface area contributed by atoms with E-state index in [0.717, 1.165) is 4.90 Å². The van der Waals surface area contributed by atoms with Crippen LogP contribution in [0.3, 0.4) is 0 Å². The molecule has 2 aromatic rings. The van der Waals surface area contributed by atoms with Gasteiger partial charge in [-0.2, -0.15) is 0 Å². The molecule has 10 nitrogen and oxygen atoms in total. The van der Waals surface area contributed by atoms with Gasteiger partial charge < -0.3 is 24.8 Å². The SMILES string of the molecule is COC(=O)COc1ccc(/C=C2/NC(=O)N(CC(=O)Nc3ccccc3OC)C2=O)cc1Br. The highest BCUT2D eigenvalue weighted by Gasteiger charge is 2.35. The van der Waals surface area contributed by atoms with Gasteiger partial charge in [-0.05, 0) is 51.8 Å². The van der Waals surface area contributed by atoms with Crippen LogP contribution in [0.1, 0.15) is 5.56 Å². The zero-order valence-corrected chi connectivity index (χ0v) is 19.3. The monoisotopic (exact) mass is 517 g/mol. The van der Waals surface area contributed by atoms with Gasteiger partial charge in [0.05, 0.1) is 24.4 Å². The molecule has 2 N–H and O–H groups in total. The van der Waals surface area contributed by atoms with E-state index in [4.69, 9.17) is 9.47 Å². The van der Waals surface area contributed by atoms with Crippen molar-refractivity contribution >= 4 is 51.5 Å². The Labute approximate surface area is 197 Å². The highest BCUT2D eigenvalue weighted by atomic mass is 79.9. The van der Waals surface area contributed by atoms with E-state index >= 15 is 0 Å². The van der Waals surface area contributed by atoms with Crippen LogP contribution in [0.2, 0.25) is 0 Å². The Bertz CT molecular complexity index is 1130. The second kappa shape index (κ2) is 10.6. The van der Waals surface area contributed by atoms with Gasteiger partial charge in [0.1, 0.15) is 23.7 Å². The van der Waals surface area contributed by atoms with Crippen molar-refractivity contribution in [3.63, 3.8) is 0 Å². The average Bonchev–Trinajstić information content (AvgIpc) is 3.05. The third-order valence-corrected chi connectivity index (χ3v) is 5.10. The fourth-order valence-electron chi connectivity index (χ4n) is 2.88. The first-order valence-corrected chi connectivity index (χ1v) is 10.4.